The molecule has 0 unspecified atom stereocenters. The van der Waals surface area contributed by atoms with Crippen LogP contribution >= 0.6 is 0 Å². The highest BCUT2D eigenvalue weighted by Gasteiger charge is 2.14. The van der Waals surface area contributed by atoms with Crippen molar-refractivity contribution in [2.24, 2.45) is 0 Å². The normalized spacial score (nSPS) is 10.8. The lowest BCUT2D eigenvalue weighted by atomic mass is 10.1. The van der Waals surface area contributed by atoms with Crippen LogP contribution in [0.15, 0.2) is 12.1 Å². The van der Waals surface area contributed by atoms with Gasteiger partial charge in [0.15, 0.2) is 0 Å². The first kappa shape index (κ1) is 16.4. The third-order valence-electron chi connectivity index (χ3n) is 2.83. The minimum atomic E-state index is -0.514. The van der Waals surface area contributed by atoms with E-state index in [1.54, 1.807) is 6.92 Å². The van der Waals surface area contributed by atoms with Crippen LogP contribution in [0.5, 0.6) is 0 Å². The van der Waals surface area contributed by atoms with Crippen LogP contribution in [0.4, 0.5) is 10.1 Å². The van der Waals surface area contributed by atoms with E-state index in [9.17, 15) is 9.18 Å². The fraction of sp³-hybridized carbons (Fsp3) is 0.533. The van der Waals surface area contributed by atoms with Crippen LogP contribution in [-0.2, 0) is 4.74 Å². The predicted octanol–water partition coefficient (Wildman–Crippen LogP) is 2.65. The number of carbonyl (C=O) groups is 1. The molecule has 0 heterocycles. The quantitative estimate of drug-likeness (QED) is 0.597. The first-order valence-electron chi connectivity index (χ1n) is 6.87. The summed E-state index contributed by atoms with van der Waals surface area (Å²) >= 11 is 0. The van der Waals surface area contributed by atoms with Crippen LogP contribution in [0.1, 0.15) is 42.6 Å². The van der Waals surface area contributed by atoms with Crippen molar-refractivity contribution in [3.63, 3.8) is 0 Å². The molecule has 112 valence electrons. The number of nitrogens with one attached hydrogen (secondary N) is 1. The molecule has 0 radical (unpaired) electrons. The number of aryl methyl sites for hydroxylation is 1. The van der Waals surface area contributed by atoms with Gasteiger partial charge in [0.05, 0.1) is 11.7 Å². The zero-order valence-corrected chi connectivity index (χ0v) is 12.3. The maximum atomic E-state index is 13.8. The molecule has 0 fully saturated rings. The van der Waals surface area contributed by atoms with Crippen LogP contribution in [0.25, 0.3) is 0 Å². The summed E-state index contributed by atoms with van der Waals surface area (Å²) in [5, 5.41) is 2.69. The number of hydrogen-bond donors (Lipinski definition) is 2. The van der Waals surface area contributed by atoms with Gasteiger partial charge >= 0.3 is 0 Å². The second-order valence-corrected chi connectivity index (χ2v) is 5.08. The van der Waals surface area contributed by atoms with Crippen molar-refractivity contribution in [1.82, 2.24) is 5.32 Å². The largest absolute Gasteiger partial charge is 0.399 e. The highest BCUT2D eigenvalue weighted by atomic mass is 19.1. The van der Waals surface area contributed by atoms with E-state index in [2.05, 4.69) is 5.32 Å². The molecule has 0 atom stereocenters. The van der Waals surface area contributed by atoms with E-state index < -0.39 is 11.7 Å². The van der Waals surface area contributed by atoms with Crippen molar-refractivity contribution < 1.29 is 13.9 Å². The van der Waals surface area contributed by atoms with Crippen LogP contribution in [0, 0.1) is 12.7 Å². The van der Waals surface area contributed by atoms with Crippen LogP contribution in [-0.4, -0.2) is 25.2 Å². The van der Waals surface area contributed by atoms with Gasteiger partial charge in [-0.3, -0.25) is 4.79 Å². The van der Waals surface area contributed by atoms with E-state index in [1.165, 1.54) is 12.1 Å². The fourth-order valence-corrected chi connectivity index (χ4v) is 1.81. The second kappa shape index (κ2) is 7.85. The zero-order valence-electron chi connectivity index (χ0n) is 12.3. The maximum Gasteiger partial charge on any atom is 0.254 e. The van der Waals surface area contributed by atoms with Gasteiger partial charge in [-0.25, -0.2) is 4.39 Å². The molecule has 0 bridgehead atoms. The number of hydrogen-bond acceptors (Lipinski definition) is 3. The molecule has 4 nitrogen and oxygen atoms in total. The molecule has 3 N–H and O–H groups in total. The average molecular weight is 282 g/mol. The number of anilines is 1. The number of benzene rings is 1. The van der Waals surface area contributed by atoms with Crippen molar-refractivity contribution in [3.8, 4) is 0 Å². The van der Waals surface area contributed by atoms with E-state index in [-0.39, 0.29) is 11.7 Å². The van der Waals surface area contributed by atoms with Crippen molar-refractivity contribution in [2.75, 3.05) is 18.9 Å². The Morgan fingerprint density at radius 2 is 2.10 bits per heavy atom. The molecule has 0 saturated heterocycles. The number of rotatable bonds is 7. The Morgan fingerprint density at radius 1 is 1.40 bits per heavy atom. The molecule has 0 spiro atoms. The molecular formula is C15H23FN2O2. The van der Waals surface area contributed by atoms with Gasteiger partial charge in [0.1, 0.15) is 5.82 Å². The summed E-state index contributed by atoms with van der Waals surface area (Å²) in [6, 6.07) is 2.87. The van der Waals surface area contributed by atoms with Gasteiger partial charge in [-0.15, -0.1) is 0 Å². The first-order chi connectivity index (χ1) is 9.41. The minimum Gasteiger partial charge on any atom is -0.399 e. The lowest BCUT2D eigenvalue weighted by Gasteiger charge is -2.09. The van der Waals surface area contributed by atoms with E-state index in [0.717, 1.165) is 12.8 Å². The first-order valence-corrected chi connectivity index (χ1v) is 6.87. The van der Waals surface area contributed by atoms with Crippen LogP contribution in [0.3, 0.4) is 0 Å². The molecule has 1 rings (SSSR count). The highest BCUT2D eigenvalue weighted by molar-refractivity contribution is 5.95. The summed E-state index contributed by atoms with van der Waals surface area (Å²) in [4.78, 5) is 11.9. The molecule has 0 aliphatic carbocycles. The van der Waals surface area contributed by atoms with Crippen LogP contribution in [0.2, 0.25) is 0 Å². The number of nitrogens with two attached hydrogens (primary N) is 1. The molecule has 5 heteroatoms. The number of carbonyl (C=O) groups excluding carboxylic acids is 1. The summed E-state index contributed by atoms with van der Waals surface area (Å²) in [7, 11) is 0. The van der Waals surface area contributed by atoms with Gasteiger partial charge in [0.2, 0.25) is 0 Å². The Labute approximate surface area is 119 Å². The molecule has 0 aliphatic heterocycles. The van der Waals surface area contributed by atoms with E-state index in [0.29, 0.717) is 24.4 Å². The molecule has 1 aromatic rings. The summed E-state index contributed by atoms with van der Waals surface area (Å²) in [6.45, 7) is 6.71. The van der Waals surface area contributed by atoms with Crippen molar-refractivity contribution in [3.05, 3.63) is 29.1 Å². The monoisotopic (exact) mass is 282 g/mol. The lowest BCUT2D eigenvalue weighted by molar-refractivity contribution is 0.0754. The van der Waals surface area contributed by atoms with Gasteiger partial charge in [-0.05, 0) is 51.3 Å². The predicted molar refractivity (Wildman–Crippen MR) is 78.2 cm³/mol. The lowest BCUT2D eigenvalue weighted by Crippen LogP contribution is -2.26. The Morgan fingerprint density at radius 3 is 2.75 bits per heavy atom. The second-order valence-electron chi connectivity index (χ2n) is 5.08. The standard InChI is InChI=1S/C15H23FN2O2/c1-10(2)20-7-5-4-6-18-15(19)13-9-12(17)8-11(3)14(13)16/h8-10H,4-7,17H2,1-3H3,(H,18,19). The summed E-state index contributed by atoms with van der Waals surface area (Å²) in [5.74, 6) is -0.942. The fourth-order valence-electron chi connectivity index (χ4n) is 1.81. The Bertz CT molecular complexity index is 461. The molecule has 0 aromatic heterocycles. The molecule has 0 aliphatic rings. The molecule has 1 amide bonds. The molecule has 1 aromatic carbocycles. The number of ether oxygens (including phenoxy) is 1. The minimum absolute atomic E-state index is 0.000861. The Hall–Kier alpha value is -1.62. The number of nitrogen functional groups attached to an aromatic ring is 1. The highest BCUT2D eigenvalue weighted by Crippen LogP contribution is 2.16. The average Bonchev–Trinajstić information content (AvgIpc) is 2.37. The number of amides is 1. The molecular weight excluding hydrogens is 259 g/mol. The summed E-state index contributed by atoms with van der Waals surface area (Å²) < 4.78 is 19.2. The van der Waals surface area contributed by atoms with E-state index >= 15 is 0 Å². The van der Waals surface area contributed by atoms with Gasteiger partial charge in [0, 0.05) is 18.8 Å². The smallest absolute Gasteiger partial charge is 0.254 e. The van der Waals surface area contributed by atoms with Gasteiger partial charge in [-0.1, -0.05) is 0 Å². The van der Waals surface area contributed by atoms with Gasteiger partial charge in [-0.2, -0.15) is 0 Å². The summed E-state index contributed by atoms with van der Waals surface area (Å²) in [6.07, 6.45) is 1.87. The van der Waals surface area contributed by atoms with Gasteiger partial charge < -0.3 is 15.8 Å². The maximum absolute atomic E-state index is 13.8. The molecule has 0 saturated carbocycles. The number of halogens is 1. The van der Waals surface area contributed by atoms with E-state index in [1.807, 2.05) is 13.8 Å². The third-order valence-corrected chi connectivity index (χ3v) is 2.83. The Kier molecular flexibility index (Phi) is 6.45. The van der Waals surface area contributed by atoms with Crippen LogP contribution < -0.4 is 11.1 Å². The molecule has 20 heavy (non-hydrogen) atoms. The SMILES string of the molecule is Cc1cc(N)cc(C(=O)NCCCCOC(C)C)c1F. The number of unbranched alkanes of at least 4 members (excludes halogenated alkanes) is 1. The topological polar surface area (TPSA) is 64.4 Å². The van der Waals surface area contributed by atoms with Gasteiger partial charge in [0.25, 0.3) is 5.91 Å². The van der Waals surface area contributed by atoms with Crippen molar-refractivity contribution in [2.45, 2.75) is 39.7 Å². The van der Waals surface area contributed by atoms with Crippen molar-refractivity contribution >= 4 is 11.6 Å². The summed E-state index contributed by atoms with van der Waals surface area (Å²) in [5.41, 5.74) is 6.39. The third kappa shape index (κ3) is 5.17. The van der Waals surface area contributed by atoms with E-state index in [4.69, 9.17) is 10.5 Å². The van der Waals surface area contributed by atoms with Crippen molar-refractivity contribution in [1.29, 1.82) is 0 Å². The zero-order chi connectivity index (χ0) is 15.1. The Balaban J connectivity index is 2.40.